The molecule has 0 atom stereocenters. The molecule has 0 amide bonds. The van der Waals surface area contributed by atoms with Gasteiger partial charge in [-0.05, 0) is 86.7 Å². The van der Waals surface area contributed by atoms with E-state index in [-0.39, 0.29) is 6.61 Å². The van der Waals surface area contributed by atoms with Crippen LogP contribution in [-0.4, -0.2) is 15.7 Å². The molecule has 156 valence electrons. The number of fused-ring (bicyclic) bond motifs is 2. The number of rotatable bonds is 4. The summed E-state index contributed by atoms with van der Waals surface area (Å²) in [6, 6.07) is 14.5. The van der Waals surface area contributed by atoms with Crippen LogP contribution in [0.1, 0.15) is 44.9 Å². The lowest BCUT2D eigenvalue weighted by Gasteiger charge is -2.10. The maximum atomic E-state index is 12.6. The van der Waals surface area contributed by atoms with Crippen LogP contribution in [0, 0.1) is 13.8 Å². The van der Waals surface area contributed by atoms with Gasteiger partial charge in [0.15, 0.2) is 0 Å². The molecule has 0 radical (unpaired) electrons. The van der Waals surface area contributed by atoms with Gasteiger partial charge in [-0.1, -0.05) is 0 Å². The van der Waals surface area contributed by atoms with E-state index in [1.54, 1.807) is 12.1 Å². The van der Waals surface area contributed by atoms with Gasteiger partial charge < -0.3 is 9.15 Å². The molecule has 0 unspecified atom stereocenters. The minimum absolute atomic E-state index is 0.0128. The van der Waals surface area contributed by atoms with Crippen molar-refractivity contribution >= 4 is 16.9 Å². The average Bonchev–Trinajstić information content (AvgIpc) is 3.35. The van der Waals surface area contributed by atoms with Gasteiger partial charge in [0.25, 0.3) is 0 Å². The zero-order valence-corrected chi connectivity index (χ0v) is 17.5. The highest BCUT2D eigenvalue weighted by atomic mass is 16.5. The van der Waals surface area contributed by atoms with Crippen LogP contribution in [0.4, 0.5) is 0 Å². The number of carbonyl (C=O) groups is 1. The van der Waals surface area contributed by atoms with Crippen molar-refractivity contribution in [3.05, 3.63) is 92.6 Å². The molecular weight excluding hydrogens is 392 g/mol. The van der Waals surface area contributed by atoms with Crippen LogP contribution in [0.25, 0.3) is 16.7 Å². The first-order valence-electron chi connectivity index (χ1n) is 10.4. The van der Waals surface area contributed by atoms with E-state index in [4.69, 9.17) is 9.15 Å². The highest BCUT2D eigenvalue weighted by Gasteiger charge is 2.16. The van der Waals surface area contributed by atoms with Crippen molar-refractivity contribution in [1.29, 1.82) is 0 Å². The fourth-order valence-corrected chi connectivity index (χ4v) is 4.27. The average molecular weight is 414 g/mol. The van der Waals surface area contributed by atoms with Crippen LogP contribution in [0.3, 0.4) is 0 Å². The van der Waals surface area contributed by atoms with E-state index in [9.17, 15) is 9.59 Å². The Kier molecular flexibility index (Phi) is 4.70. The van der Waals surface area contributed by atoms with Gasteiger partial charge in [0, 0.05) is 22.7 Å². The Labute approximate surface area is 179 Å². The van der Waals surface area contributed by atoms with Crippen molar-refractivity contribution in [3.8, 4) is 5.69 Å². The molecule has 0 saturated heterocycles. The number of hydrogen-bond acceptors (Lipinski definition) is 5. The molecule has 2 aromatic carbocycles. The van der Waals surface area contributed by atoms with Gasteiger partial charge in [-0.25, -0.2) is 14.3 Å². The van der Waals surface area contributed by atoms with Gasteiger partial charge in [0.1, 0.15) is 12.2 Å². The minimum Gasteiger partial charge on any atom is -0.457 e. The van der Waals surface area contributed by atoms with Gasteiger partial charge >= 0.3 is 11.6 Å². The molecular formula is C25H22N2O4. The Hall–Kier alpha value is -3.67. The molecule has 4 aromatic rings. The molecule has 0 bridgehead atoms. The van der Waals surface area contributed by atoms with E-state index < -0.39 is 11.6 Å². The first-order valence-corrected chi connectivity index (χ1v) is 10.4. The van der Waals surface area contributed by atoms with Crippen LogP contribution in [-0.2, 0) is 24.2 Å². The molecule has 2 aromatic heterocycles. The summed E-state index contributed by atoms with van der Waals surface area (Å²) >= 11 is 0. The summed E-state index contributed by atoms with van der Waals surface area (Å²) < 4.78 is 12.7. The van der Waals surface area contributed by atoms with Crippen molar-refractivity contribution in [1.82, 2.24) is 9.78 Å². The standard InChI is InChI=1S/C25H22N2O4/c1-15-10-16(2)27(26-15)21-8-6-17(7-9-21)25(29)30-14-20-13-24(28)31-23-12-19-5-3-4-18(19)11-22(20)23/h6-13H,3-5,14H2,1-2H3. The summed E-state index contributed by atoms with van der Waals surface area (Å²) in [7, 11) is 0. The molecule has 0 saturated carbocycles. The predicted molar refractivity (Wildman–Crippen MR) is 117 cm³/mol. The van der Waals surface area contributed by atoms with Crippen molar-refractivity contribution in [3.63, 3.8) is 0 Å². The summed E-state index contributed by atoms with van der Waals surface area (Å²) in [5, 5.41) is 5.28. The molecule has 5 rings (SSSR count). The second-order valence-corrected chi connectivity index (χ2v) is 8.02. The minimum atomic E-state index is -0.442. The van der Waals surface area contributed by atoms with Gasteiger partial charge in [-0.2, -0.15) is 5.10 Å². The highest BCUT2D eigenvalue weighted by molar-refractivity contribution is 5.90. The number of carbonyl (C=O) groups excluding carboxylic acids is 1. The third-order valence-electron chi connectivity index (χ3n) is 5.76. The van der Waals surface area contributed by atoms with Crippen LogP contribution >= 0.6 is 0 Å². The topological polar surface area (TPSA) is 74.3 Å². The molecule has 0 N–H and O–H groups in total. The SMILES string of the molecule is Cc1cc(C)n(-c2ccc(C(=O)OCc3cc(=O)oc4cc5c(cc34)CCC5)cc2)n1. The van der Waals surface area contributed by atoms with Crippen LogP contribution in [0.15, 0.2) is 57.7 Å². The lowest BCUT2D eigenvalue weighted by atomic mass is 10.0. The number of benzene rings is 2. The molecule has 6 nitrogen and oxygen atoms in total. The first kappa shape index (κ1) is 19.3. The molecule has 0 fully saturated rings. The molecule has 2 heterocycles. The molecule has 6 heteroatoms. The van der Waals surface area contributed by atoms with E-state index in [0.717, 1.165) is 41.7 Å². The third kappa shape index (κ3) is 3.65. The van der Waals surface area contributed by atoms with E-state index >= 15 is 0 Å². The van der Waals surface area contributed by atoms with Crippen molar-refractivity contribution in [2.24, 2.45) is 0 Å². The van der Waals surface area contributed by atoms with Gasteiger partial charge in [0.2, 0.25) is 0 Å². The summed E-state index contributed by atoms with van der Waals surface area (Å²) in [6.45, 7) is 3.94. The van der Waals surface area contributed by atoms with Gasteiger partial charge in [-0.3, -0.25) is 0 Å². The lowest BCUT2D eigenvalue weighted by Crippen LogP contribution is -2.08. The van der Waals surface area contributed by atoms with E-state index in [2.05, 4.69) is 11.2 Å². The largest absolute Gasteiger partial charge is 0.457 e. The number of ether oxygens (including phenoxy) is 1. The van der Waals surface area contributed by atoms with Crippen molar-refractivity contribution < 1.29 is 13.9 Å². The monoisotopic (exact) mass is 414 g/mol. The van der Waals surface area contributed by atoms with E-state index in [0.29, 0.717) is 16.7 Å². The lowest BCUT2D eigenvalue weighted by molar-refractivity contribution is 0.0474. The molecule has 31 heavy (non-hydrogen) atoms. The quantitative estimate of drug-likeness (QED) is 0.365. The number of nitrogens with zero attached hydrogens (tertiary/aromatic N) is 2. The number of aromatic nitrogens is 2. The summed E-state index contributed by atoms with van der Waals surface area (Å²) in [5.41, 5.74) is 6.55. The van der Waals surface area contributed by atoms with E-state index in [1.807, 2.05) is 42.8 Å². The van der Waals surface area contributed by atoms with Crippen LogP contribution < -0.4 is 5.63 Å². The summed E-state index contributed by atoms with van der Waals surface area (Å²) in [5.74, 6) is -0.442. The molecule has 0 spiro atoms. The molecule has 0 aliphatic heterocycles. The van der Waals surface area contributed by atoms with Crippen LogP contribution in [0.2, 0.25) is 0 Å². The predicted octanol–water partition coefficient (Wildman–Crippen LogP) is 4.44. The van der Waals surface area contributed by atoms with Crippen LogP contribution in [0.5, 0.6) is 0 Å². The zero-order chi connectivity index (χ0) is 21.5. The maximum absolute atomic E-state index is 12.6. The second-order valence-electron chi connectivity index (χ2n) is 8.02. The fraction of sp³-hybridized carbons (Fsp3) is 0.240. The second kappa shape index (κ2) is 7.54. The Bertz CT molecular complexity index is 1360. The maximum Gasteiger partial charge on any atom is 0.338 e. The highest BCUT2D eigenvalue weighted by Crippen LogP contribution is 2.29. The summed E-state index contributed by atoms with van der Waals surface area (Å²) in [4.78, 5) is 24.6. The molecule has 1 aliphatic carbocycles. The smallest absolute Gasteiger partial charge is 0.338 e. The Morgan fingerprint density at radius 2 is 1.81 bits per heavy atom. The van der Waals surface area contributed by atoms with E-state index in [1.165, 1.54) is 17.2 Å². The zero-order valence-electron chi connectivity index (χ0n) is 17.5. The first-order chi connectivity index (χ1) is 15.0. The number of aryl methyl sites for hydroxylation is 4. The van der Waals surface area contributed by atoms with Crippen molar-refractivity contribution in [2.75, 3.05) is 0 Å². The summed E-state index contributed by atoms with van der Waals surface area (Å²) in [6.07, 6.45) is 3.13. The van der Waals surface area contributed by atoms with Gasteiger partial charge in [-0.15, -0.1) is 0 Å². The number of esters is 1. The number of hydrogen-bond donors (Lipinski definition) is 0. The molecule has 1 aliphatic rings. The van der Waals surface area contributed by atoms with Crippen molar-refractivity contribution in [2.45, 2.75) is 39.7 Å². The van der Waals surface area contributed by atoms with Gasteiger partial charge in [0.05, 0.1) is 16.9 Å². The Morgan fingerprint density at radius 1 is 1.06 bits per heavy atom. The fourth-order valence-electron chi connectivity index (χ4n) is 4.27. The third-order valence-corrected chi connectivity index (χ3v) is 5.76. The Morgan fingerprint density at radius 3 is 2.52 bits per heavy atom. The normalized spacial score (nSPS) is 12.8. The Balaban J connectivity index is 1.36.